The summed E-state index contributed by atoms with van der Waals surface area (Å²) >= 11 is 0. The van der Waals surface area contributed by atoms with E-state index < -0.39 is 0 Å². The lowest BCUT2D eigenvalue weighted by atomic mass is 9.96. The van der Waals surface area contributed by atoms with Gasteiger partial charge in [-0.2, -0.15) is 0 Å². The summed E-state index contributed by atoms with van der Waals surface area (Å²) in [7, 11) is 2.21. The Morgan fingerprint density at radius 3 is 2.62 bits per heavy atom. The fourth-order valence-corrected chi connectivity index (χ4v) is 2.67. The number of likely N-dealkylation sites (N-methyl/N-ethyl adjacent to an activating group) is 1. The number of nitrogens with zero attached hydrogens (tertiary/aromatic N) is 1. The Balaban J connectivity index is 1.99. The first-order valence-electron chi connectivity index (χ1n) is 6.00. The zero-order chi connectivity index (χ0) is 11.0. The summed E-state index contributed by atoms with van der Waals surface area (Å²) in [6.07, 6.45) is 1.30. The lowest BCUT2D eigenvalue weighted by Gasteiger charge is -2.11. The second-order valence-electron chi connectivity index (χ2n) is 4.85. The van der Waals surface area contributed by atoms with Crippen molar-refractivity contribution >= 4 is 10.8 Å². The van der Waals surface area contributed by atoms with E-state index >= 15 is 0 Å². The molecule has 1 heteroatoms. The molecule has 0 unspecified atom stereocenters. The standard InChI is InChI=1S/C15H17N/c1-16-9-8-15(11-16)14-7-6-12-4-2-3-5-13(12)10-14/h2-7,10,15H,8-9,11H2,1H3/t15-/m0/s1. The van der Waals surface area contributed by atoms with Crippen LogP contribution in [0.3, 0.4) is 0 Å². The van der Waals surface area contributed by atoms with Crippen molar-refractivity contribution in [2.45, 2.75) is 12.3 Å². The molecule has 0 saturated carbocycles. The summed E-state index contributed by atoms with van der Waals surface area (Å²) in [5.41, 5.74) is 1.50. The molecule has 1 atom stereocenters. The highest BCUT2D eigenvalue weighted by molar-refractivity contribution is 5.83. The lowest BCUT2D eigenvalue weighted by Crippen LogP contribution is -2.13. The molecule has 82 valence electrons. The number of rotatable bonds is 1. The van der Waals surface area contributed by atoms with Crippen molar-refractivity contribution in [3.05, 3.63) is 48.0 Å². The molecule has 0 N–H and O–H groups in total. The summed E-state index contributed by atoms with van der Waals surface area (Å²) in [6.45, 7) is 2.44. The topological polar surface area (TPSA) is 3.24 Å². The van der Waals surface area contributed by atoms with Gasteiger partial charge in [-0.25, -0.2) is 0 Å². The minimum Gasteiger partial charge on any atom is -0.306 e. The van der Waals surface area contributed by atoms with Crippen molar-refractivity contribution in [2.24, 2.45) is 0 Å². The SMILES string of the molecule is CN1CC[C@H](c2ccc3ccccc3c2)C1. The second-order valence-corrected chi connectivity index (χ2v) is 4.85. The number of likely N-dealkylation sites (tertiary alicyclic amines) is 1. The van der Waals surface area contributed by atoms with E-state index in [4.69, 9.17) is 0 Å². The van der Waals surface area contributed by atoms with E-state index in [1.807, 2.05) is 0 Å². The van der Waals surface area contributed by atoms with Gasteiger partial charge in [0, 0.05) is 6.54 Å². The number of hydrogen-bond donors (Lipinski definition) is 0. The molecule has 0 amide bonds. The van der Waals surface area contributed by atoms with Crippen LogP contribution < -0.4 is 0 Å². The zero-order valence-corrected chi connectivity index (χ0v) is 9.69. The molecule has 1 heterocycles. The average Bonchev–Trinajstić information content (AvgIpc) is 2.75. The number of hydrogen-bond acceptors (Lipinski definition) is 1. The molecule has 16 heavy (non-hydrogen) atoms. The van der Waals surface area contributed by atoms with Crippen molar-refractivity contribution in [2.75, 3.05) is 20.1 Å². The van der Waals surface area contributed by atoms with Crippen LogP contribution in [0.4, 0.5) is 0 Å². The van der Waals surface area contributed by atoms with E-state index in [1.165, 1.54) is 35.8 Å². The van der Waals surface area contributed by atoms with Gasteiger partial charge in [-0.05, 0) is 42.3 Å². The van der Waals surface area contributed by atoms with Gasteiger partial charge in [0.25, 0.3) is 0 Å². The Morgan fingerprint density at radius 2 is 1.88 bits per heavy atom. The highest BCUT2D eigenvalue weighted by Crippen LogP contribution is 2.28. The molecule has 0 bridgehead atoms. The molecule has 0 radical (unpaired) electrons. The first-order chi connectivity index (χ1) is 7.83. The van der Waals surface area contributed by atoms with Gasteiger partial charge in [0.15, 0.2) is 0 Å². The monoisotopic (exact) mass is 211 g/mol. The van der Waals surface area contributed by atoms with Crippen molar-refractivity contribution < 1.29 is 0 Å². The normalized spacial score (nSPS) is 21.7. The van der Waals surface area contributed by atoms with Crippen LogP contribution in [0.1, 0.15) is 17.9 Å². The average molecular weight is 211 g/mol. The molecule has 1 saturated heterocycles. The van der Waals surface area contributed by atoms with E-state index in [0.717, 1.165) is 5.92 Å². The molecular weight excluding hydrogens is 194 g/mol. The van der Waals surface area contributed by atoms with Crippen LogP contribution in [0, 0.1) is 0 Å². The predicted octanol–water partition coefficient (Wildman–Crippen LogP) is 3.26. The first kappa shape index (κ1) is 9.86. The zero-order valence-electron chi connectivity index (χ0n) is 9.69. The maximum absolute atomic E-state index is 2.42. The van der Waals surface area contributed by atoms with Crippen molar-refractivity contribution in [1.29, 1.82) is 0 Å². The van der Waals surface area contributed by atoms with Crippen LogP contribution in [-0.4, -0.2) is 25.0 Å². The Labute approximate surface area is 96.7 Å². The third-order valence-electron chi connectivity index (χ3n) is 3.64. The van der Waals surface area contributed by atoms with E-state index in [9.17, 15) is 0 Å². The number of benzene rings is 2. The summed E-state index contributed by atoms with van der Waals surface area (Å²) in [5.74, 6) is 0.731. The minimum atomic E-state index is 0.731. The van der Waals surface area contributed by atoms with E-state index in [0.29, 0.717) is 0 Å². The number of fused-ring (bicyclic) bond motifs is 1. The molecule has 1 nitrogen and oxygen atoms in total. The summed E-state index contributed by atoms with van der Waals surface area (Å²) in [4.78, 5) is 2.42. The van der Waals surface area contributed by atoms with Crippen molar-refractivity contribution in [1.82, 2.24) is 4.90 Å². The molecule has 1 fully saturated rings. The molecule has 1 aliphatic heterocycles. The predicted molar refractivity (Wildman–Crippen MR) is 68.8 cm³/mol. The van der Waals surface area contributed by atoms with Crippen LogP contribution >= 0.6 is 0 Å². The highest BCUT2D eigenvalue weighted by Gasteiger charge is 2.20. The Bertz CT molecular complexity index is 504. The first-order valence-corrected chi connectivity index (χ1v) is 6.00. The molecule has 1 aliphatic rings. The summed E-state index contributed by atoms with van der Waals surface area (Å²) in [6, 6.07) is 15.5. The van der Waals surface area contributed by atoms with Crippen molar-refractivity contribution in [3.8, 4) is 0 Å². The van der Waals surface area contributed by atoms with Gasteiger partial charge in [0.1, 0.15) is 0 Å². The van der Waals surface area contributed by atoms with Gasteiger partial charge >= 0.3 is 0 Å². The molecular formula is C15H17N. The molecule has 0 aromatic heterocycles. The van der Waals surface area contributed by atoms with Gasteiger partial charge in [0.2, 0.25) is 0 Å². The van der Waals surface area contributed by atoms with Gasteiger partial charge in [0.05, 0.1) is 0 Å². The van der Waals surface area contributed by atoms with Crippen molar-refractivity contribution in [3.63, 3.8) is 0 Å². The fourth-order valence-electron chi connectivity index (χ4n) is 2.67. The Hall–Kier alpha value is -1.34. The maximum atomic E-state index is 2.42. The minimum absolute atomic E-state index is 0.731. The molecule has 0 spiro atoms. The largest absolute Gasteiger partial charge is 0.306 e. The third-order valence-corrected chi connectivity index (χ3v) is 3.64. The van der Waals surface area contributed by atoms with Gasteiger partial charge in [-0.1, -0.05) is 42.5 Å². The quantitative estimate of drug-likeness (QED) is 0.700. The maximum Gasteiger partial charge on any atom is 0.00477 e. The van der Waals surface area contributed by atoms with Crippen LogP contribution in [-0.2, 0) is 0 Å². The summed E-state index contributed by atoms with van der Waals surface area (Å²) < 4.78 is 0. The van der Waals surface area contributed by atoms with Crippen LogP contribution in [0.15, 0.2) is 42.5 Å². The van der Waals surface area contributed by atoms with E-state index in [-0.39, 0.29) is 0 Å². The van der Waals surface area contributed by atoms with Gasteiger partial charge in [-0.3, -0.25) is 0 Å². The van der Waals surface area contributed by atoms with Gasteiger partial charge in [-0.15, -0.1) is 0 Å². The molecule has 2 aromatic rings. The van der Waals surface area contributed by atoms with Crippen LogP contribution in [0.25, 0.3) is 10.8 Å². The Morgan fingerprint density at radius 1 is 1.06 bits per heavy atom. The van der Waals surface area contributed by atoms with Crippen LogP contribution in [0.5, 0.6) is 0 Å². The molecule has 3 rings (SSSR count). The third kappa shape index (κ3) is 1.72. The van der Waals surface area contributed by atoms with E-state index in [1.54, 1.807) is 0 Å². The van der Waals surface area contributed by atoms with Crippen LogP contribution in [0.2, 0.25) is 0 Å². The molecule has 0 aliphatic carbocycles. The fraction of sp³-hybridized carbons (Fsp3) is 0.333. The Kier molecular flexibility index (Phi) is 2.41. The van der Waals surface area contributed by atoms with Gasteiger partial charge < -0.3 is 4.90 Å². The van der Waals surface area contributed by atoms with E-state index in [2.05, 4.69) is 54.4 Å². The molecule has 2 aromatic carbocycles. The smallest absolute Gasteiger partial charge is 0.00477 e. The highest BCUT2D eigenvalue weighted by atomic mass is 15.1. The summed E-state index contributed by atoms with van der Waals surface area (Å²) in [5, 5.41) is 2.71. The lowest BCUT2D eigenvalue weighted by molar-refractivity contribution is 0.411. The second kappa shape index (κ2) is 3.91.